The number of rotatable bonds is 2. The molecule has 0 spiro atoms. The van der Waals surface area contributed by atoms with Crippen LogP contribution in [0.2, 0.25) is 0 Å². The molecule has 104 valence electrons. The summed E-state index contributed by atoms with van der Waals surface area (Å²) in [5, 5.41) is 4.30. The minimum Gasteiger partial charge on any atom is -0.367 e. The molecule has 2 saturated carbocycles. The van der Waals surface area contributed by atoms with Gasteiger partial charge in [0.15, 0.2) is 0 Å². The second-order valence-electron chi connectivity index (χ2n) is 5.92. The molecule has 2 aromatic rings. The lowest BCUT2D eigenvalue weighted by molar-refractivity contribution is 0.426. The van der Waals surface area contributed by atoms with Crippen LogP contribution in [-0.4, -0.2) is 5.16 Å². The van der Waals surface area contributed by atoms with Crippen molar-refractivity contribution < 1.29 is 4.52 Å². The van der Waals surface area contributed by atoms with Crippen LogP contribution >= 0.6 is 15.9 Å². The van der Waals surface area contributed by atoms with Crippen molar-refractivity contribution >= 4 is 21.8 Å². The molecule has 2 unspecified atom stereocenters. The van der Waals surface area contributed by atoms with E-state index in [0.29, 0.717) is 11.8 Å². The molecule has 2 N–H and O–H groups in total. The van der Waals surface area contributed by atoms with E-state index in [2.05, 4.69) is 27.2 Å². The van der Waals surface area contributed by atoms with E-state index < -0.39 is 0 Å². The number of halogens is 1. The monoisotopic (exact) mass is 332 g/mol. The SMILES string of the molecule is Nc1onc(C2C3CCCCC32)c1-c1ccccc1Br. The third kappa shape index (κ3) is 1.81. The number of fused-ring (bicyclic) bond motifs is 1. The van der Waals surface area contributed by atoms with E-state index in [1.54, 1.807) is 0 Å². The fourth-order valence-electron chi connectivity index (χ4n) is 3.88. The molecule has 0 bridgehead atoms. The van der Waals surface area contributed by atoms with E-state index in [-0.39, 0.29) is 0 Å². The first-order chi connectivity index (χ1) is 9.77. The predicted octanol–water partition coefficient (Wildman–Crippen LogP) is 4.59. The Morgan fingerprint density at radius 2 is 1.85 bits per heavy atom. The van der Waals surface area contributed by atoms with Gasteiger partial charge in [0.1, 0.15) is 0 Å². The lowest BCUT2D eigenvalue weighted by atomic mass is 10.0. The number of nitrogens with zero attached hydrogens (tertiary/aromatic N) is 1. The molecular formula is C16H17BrN2O. The summed E-state index contributed by atoms with van der Waals surface area (Å²) in [5.74, 6) is 2.60. The van der Waals surface area contributed by atoms with Gasteiger partial charge in [-0.25, -0.2) is 0 Å². The summed E-state index contributed by atoms with van der Waals surface area (Å²) in [6, 6.07) is 8.14. The van der Waals surface area contributed by atoms with Crippen LogP contribution in [0.3, 0.4) is 0 Å². The molecule has 0 amide bonds. The zero-order valence-corrected chi connectivity index (χ0v) is 12.8. The van der Waals surface area contributed by atoms with Crippen LogP contribution in [0.1, 0.15) is 37.3 Å². The molecule has 2 aliphatic carbocycles. The second kappa shape index (κ2) is 4.62. The molecule has 2 fully saturated rings. The molecule has 1 heterocycles. The molecule has 4 rings (SSSR count). The summed E-state index contributed by atoms with van der Waals surface area (Å²) in [5.41, 5.74) is 9.21. The molecule has 4 heteroatoms. The average Bonchev–Trinajstić information content (AvgIpc) is 3.08. The van der Waals surface area contributed by atoms with Crippen LogP contribution in [0.4, 0.5) is 5.88 Å². The van der Waals surface area contributed by atoms with Crippen LogP contribution in [0.15, 0.2) is 33.3 Å². The van der Waals surface area contributed by atoms with Crippen molar-refractivity contribution in [2.45, 2.75) is 31.6 Å². The van der Waals surface area contributed by atoms with Crippen molar-refractivity contribution in [1.29, 1.82) is 0 Å². The Balaban J connectivity index is 1.78. The highest BCUT2D eigenvalue weighted by molar-refractivity contribution is 9.10. The minimum atomic E-state index is 0.440. The van der Waals surface area contributed by atoms with Gasteiger partial charge < -0.3 is 10.3 Å². The average molecular weight is 333 g/mol. The fourth-order valence-corrected chi connectivity index (χ4v) is 4.36. The molecule has 0 aliphatic heterocycles. The largest absolute Gasteiger partial charge is 0.367 e. The molecule has 2 aliphatic rings. The van der Waals surface area contributed by atoms with E-state index >= 15 is 0 Å². The highest BCUT2D eigenvalue weighted by atomic mass is 79.9. The van der Waals surface area contributed by atoms with Gasteiger partial charge in [-0.1, -0.05) is 52.1 Å². The van der Waals surface area contributed by atoms with Crippen LogP contribution < -0.4 is 5.73 Å². The highest BCUT2D eigenvalue weighted by Crippen LogP contribution is 2.62. The Hall–Kier alpha value is -1.29. The van der Waals surface area contributed by atoms with Gasteiger partial charge in [0.05, 0.1) is 11.3 Å². The van der Waals surface area contributed by atoms with Gasteiger partial charge in [-0.3, -0.25) is 0 Å². The first-order valence-electron chi connectivity index (χ1n) is 7.27. The van der Waals surface area contributed by atoms with E-state index in [0.717, 1.165) is 33.1 Å². The summed E-state index contributed by atoms with van der Waals surface area (Å²) in [4.78, 5) is 0. The Bertz CT molecular complexity index is 640. The van der Waals surface area contributed by atoms with Crippen molar-refractivity contribution in [1.82, 2.24) is 5.16 Å². The maximum absolute atomic E-state index is 6.05. The number of aromatic nitrogens is 1. The zero-order valence-electron chi connectivity index (χ0n) is 11.2. The molecule has 0 radical (unpaired) electrons. The number of benzene rings is 1. The number of anilines is 1. The molecule has 1 aromatic carbocycles. The Kier molecular flexibility index (Phi) is 2.88. The van der Waals surface area contributed by atoms with Gasteiger partial charge in [-0.2, -0.15) is 0 Å². The summed E-state index contributed by atoms with van der Waals surface area (Å²) in [7, 11) is 0. The van der Waals surface area contributed by atoms with Crippen LogP contribution in [-0.2, 0) is 0 Å². The Morgan fingerprint density at radius 3 is 2.55 bits per heavy atom. The Morgan fingerprint density at radius 1 is 1.15 bits per heavy atom. The number of nitrogen functional groups attached to an aromatic ring is 1. The van der Waals surface area contributed by atoms with Gasteiger partial charge in [-0.05, 0) is 30.7 Å². The third-order valence-corrected chi connectivity index (χ3v) is 5.55. The van der Waals surface area contributed by atoms with Crippen LogP contribution in [0.5, 0.6) is 0 Å². The maximum atomic E-state index is 6.05. The topological polar surface area (TPSA) is 52.0 Å². The highest BCUT2D eigenvalue weighted by Gasteiger charge is 2.53. The summed E-state index contributed by atoms with van der Waals surface area (Å²) >= 11 is 3.61. The van der Waals surface area contributed by atoms with Gasteiger partial charge in [0.25, 0.3) is 0 Å². The quantitative estimate of drug-likeness (QED) is 0.874. The van der Waals surface area contributed by atoms with Crippen molar-refractivity contribution in [3.8, 4) is 11.1 Å². The molecule has 0 saturated heterocycles. The molecule has 2 atom stereocenters. The lowest BCUT2D eigenvalue weighted by Gasteiger charge is -2.04. The van der Waals surface area contributed by atoms with Crippen molar-refractivity contribution in [2.75, 3.05) is 5.73 Å². The first-order valence-corrected chi connectivity index (χ1v) is 8.06. The Labute approximate surface area is 126 Å². The predicted molar refractivity (Wildman–Crippen MR) is 82.2 cm³/mol. The van der Waals surface area contributed by atoms with E-state index in [9.17, 15) is 0 Å². The van der Waals surface area contributed by atoms with Crippen molar-refractivity contribution in [3.05, 3.63) is 34.4 Å². The number of nitrogens with two attached hydrogens (primary N) is 1. The summed E-state index contributed by atoms with van der Waals surface area (Å²) < 4.78 is 6.36. The zero-order chi connectivity index (χ0) is 13.7. The van der Waals surface area contributed by atoms with Crippen molar-refractivity contribution in [3.63, 3.8) is 0 Å². The number of hydrogen-bond acceptors (Lipinski definition) is 3. The molecule has 3 nitrogen and oxygen atoms in total. The number of hydrogen-bond donors (Lipinski definition) is 1. The normalized spacial score (nSPS) is 28.1. The third-order valence-electron chi connectivity index (χ3n) is 4.86. The van der Waals surface area contributed by atoms with E-state index in [1.807, 2.05) is 18.2 Å². The smallest absolute Gasteiger partial charge is 0.230 e. The molecular weight excluding hydrogens is 316 g/mol. The lowest BCUT2D eigenvalue weighted by Crippen LogP contribution is -1.91. The molecule has 20 heavy (non-hydrogen) atoms. The van der Waals surface area contributed by atoms with Gasteiger partial charge in [-0.15, -0.1) is 0 Å². The van der Waals surface area contributed by atoms with Gasteiger partial charge >= 0.3 is 0 Å². The van der Waals surface area contributed by atoms with E-state index in [1.165, 1.54) is 25.7 Å². The van der Waals surface area contributed by atoms with Crippen LogP contribution in [0, 0.1) is 11.8 Å². The van der Waals surface area contributed by atoms with Gasteiger partial charge in [0, 0.05) is 16.0 Å². The second-order valence-corrected chi connectivity index (χ2v) is 6.78. The van der Waals surface area contributed by atoms with Crippen molar-refractivity contribution in [2.24, 2.45) is 11.8 Å². The van der Waals surface area contributed by atoms with Crippen LogP contribution in [0.25, 0.3) is 11.1 Å². The van der Waals surface area contributed by atoms with E-state index in [4.69, 9.17) is 10.3 Å². The van der Waals surface area contributed by atoms with Gasteiger partial charge in [0.2, 0.25) is 5.88 Å². The minimum absolute atomic E-state index is 0.440. The summed E-state index contributed by atoms with van der Waals surface area (Å²) in [6.45, 7) is 0. The first kappa shape index (κ1) is 12.5. The summed E-state index contributed by atoms with van der Waals surface area (Å²) in [6.07, 6.45) is 5.37. The molecule has 1 aromatic heterocycles. The maximum Gasteiger partial charge on any atom is 0.230 e. The standard InChI is InChI=1S/C16H17BrN2O/c17-12-8-4-3-7-11(12)14-15(19-20-16(14)18)13-9-5-1-2-6-10(9)13/h3-4,7-10,13H,1-2,5-6,18H2. The fraction of sp³-hybridized carbons (Fsp3) is 0.438.